The van der Waals surface area contributed by atoms with E-state index in [0.717, 1.165) is 29.7 Å². The first-order valence-electron chi connectivity index (χ1n) is 13.1. The first kappa shape index (κ1) is 27.9. The van der Waals surface area contributed by atoms with Crippen LogP contribution in [-0.2, 0) is 16.6 Å². The zero-order chi connectivity index (χ0) is 26.6. The molecule has 0 bridgehead atoms. The van der Waals surface area contributed by atoms with Gasteiger partial charge in [-0.15, -0.1) is 0 Å². The first-order valence-corrected chi connectivity index (χ1v) is 14.9. The monoisotopic (exact) mass is 543 g/mol. The van der Waals surface area contributed by atoms with Crippen molar-refractivity contribution in [1.82, 2.24) is 14.5 Å². The maximum Gasteiger partial charge on any atom is 0.243 e. The Bertz CT molecular complexity index is 1320. The molecule has 3 aromatic carbocycles. The molecule has 1 atom stereocenters. The van der Waals surface area contributed by atoms with E-state index in [1.54, 1.807) is 28.6 Å². The molecule has 0 radical (unpaired) electrons. The summed E-state index contributed by atoms with van der Waals surface area (Å²) in [6.45, 7) is 12.3. The number of halogens is 1. The highest BCUT2D eigenvalue weighted by molar-refractivity contribution is 7.89. The van der Waals surface area contributed by atoms with E-state index in [-0.39, 0.29) is 6.17 Å². The lowest BCUT2D eigenvalue weighted by Crippen LogP contribution is -2.55. The van der Waals surface area contributed by atoms with E-state index in [4.69, 9.17) is 16.3 Å². The van der Waals surface area contributed by atoms with E-state index in [1.807, 2.05) is 24.3 Å². The van der Waals surface area contributed by atoms with Crippen molar-refractivity contribution in [2.75, 3.05) is 32.8 Å². The third-order valence-corrected chi connectivity index (χ3v) is 9.33. The van der Waals surface area contributed by atoms with Crippen LogP contribution in [0.15, 0.2) is 59.5 Å². The summed E-state index contributed by atoms with van der Waals surface area (Å²) in [6, 6.07) is 16.9. The van der Waals surface area contributed by atoms with E-state index >= 15 is 0 Å². The van der Waals surface area contributed by atoms with Crippen LogP contribution in [0, 0.1) is 12.8 Å². The van der Waals surface area contributed by atoms with Gasteiger partial charge >= 0.3 is 0 Å². The van der Waals surface area contributed by atoms with Crippen molar-refractivity contribution in [2.45, 2.75) is 51.7 Å². The van der Waals surface area contributed by atoms with Gasteiger partial charge in [-0.3, -0.25) is 10.2 Å². The largest absolute Gasteiger partial charge is 0.493 e. The third-order valence-electron chi connectivity index (χ3n) is 7.04. The fourth-order valence-electron chi connectivity index (χ4n) is 4.89. The standard InChI is InChI=1S/C29H38ClN3O3S/c1-5-29(31-19-23-9-6-13-27(22(23)4)36-20-21(2)3)32-15-17-33(18-16-32)37(34,35)28-14-8-10-24-25(28)11-7-12-26(24)30/h6-14,21,29,31H,5,15-20H2,1-4H3. The summed E-state index contributed by atoms with van der Waals surface area (Å²) in [4.78, 5) is 2.67. The smallest absolute Gasteiger partial charge is 0.243 e. The van der Waals surface area contributed by atoms with Crippen molar-refractivity contribution < 1.29 is 13.2 Å². The molecule has 1 aliphatic heterocycles. The average molecular weight is 544 g/mol. The molecule has 1 unspecified atom stereocenters. The highest BCUT2D eigenvalue weighted by atomic mass is 35.5. The zero-order valence-electron chi connectivity index (χ0n) is 22.2. The molecule has 1 N–H and O–H groups in total. The Labute approximate surface area is 226 Å². The molecule has 3 aromatic rings. The van der Waals surface area contributed by atoms with Gasteiger partial charge < -0.3 is 4.74 Å². The first-order chi connectivity index (χ1) is 17.7. The number of rotatable bonds is 10. The topological polar surface area (TPSA) is 61.9 Å². The summed E-state index contributed by atoms with van der Waals surface area (Å²) >= 11 is 6.33. The lowest BCUT2D eigenvalue weighted by molar-refractivity contribution is 0.111. The third kappa shape index (κ3) is 6.29. The SMILES string of the molecule is CCC(NCc1cccc(OCC(C)C)c1C)N1CCN(S(=O)(=O)c2cccc3c(Cl)cccc23)CC1. The molecule has 8 heteroatoms. The maximum atomic E-state index is 13.6. The van der Waals surface area contributed by atoms with Gasteiger partial charge in [-0.2, -0.15) is 4.31 Å². The van der Waals surface area contributed by atoms with Crippen LogP contribution in [0.3, 0.4) is 0 Å². The second kappa shape index (κ2) is 12.1. The molecule has 200 valence electrons. The Kier molecular flexibility index (Phi) is 9.14. The molecular weight excluding hydrogens is 506 g/mol. The van der Waals surface area contributed by atoms with Crippen molar-refractivity contribution in [2.24, 2.45) is 5.92 Å². The zero-order valence-corrected chi connectivity index (χ0v) is 23.8. The van der Waals surface area contributed by atoms with Crippen molar-refractivity contribution in [3.05, 3.63) is 70.7 Å². The number of benzene rings is 3. The van der Waals surface area contributed by atoms with Crippen LogP contribution in [0.5, 0.6) is 5.75 Å². The molecule has 1 aliphatic rings. The normalized spacial score (nSPS) is 16.4. The van der Waals surface area contributed by atoms with Crippen molar-refractivity contribution >= 4 is 32.4 Å². The minimum absolute atomic E-state index is 0.167. The second-order valence-electron chi connectivity index (χ2n) is 10.1. The second-order valence-corrected chi connectivity index (χ2v) is 12.4. The Morgan fingerprint density at radius 3 is 2.35 bits per heavy atom. The van der Waals surface area contributed by atoms with E-state index < -0.39 is 10.0 Å². The maximum absolute atomic E-state index is 13.6. The summed E-state index contributed by atoms with van der Waals surface area (Å²) in [5.74, 6) is 1.42. The number of fused-ring (bicyclic) bond motifs is 1. The van der Waals surface area contributed by atoms with E-state index in [9.17, 15) is 8.42 Å². The van der Waals surface area contributed by atoms with E-state index in [0.29, 0.717) is 54.0 Å². The van der Waals surface area contributed by atoms with Gasteiger partial charge in [0.1, 0.15) is 5.75 Å². The van der Waals surface area contributed by atoms with Crippen molar-refractivity contribution in [3.8, 4) is 5.75 Å². The Morgan fingerprint density at radius 1 is 0.973 bits per heavy atom. The molecule has 1 heterocycles. The highest BCUT2D eigenvalue weighted by Gasteiger charge is 2.31. The van der Waals surface area contributed by atoms with Crippen molar-refractivity contribution in [1.29, 1.82) is 0 Å². The number of sulfonamides is 1. The number of ether oxygens (including phenoxy) is 1. The Morgan fingerprint density at radius 2 is 1.65 bits per heavy atom. The summed E-state index contributed by atoms with van der Waals surface area (Å²) in [7, 11) is -3.62. The fourth-order valence-corrected chi connectivity index (χ4v) is 6.75. The molecule has 0 aliphatic carbocycles. The van der Waals surface area contributed by atoms with Crippen LogP contribution in [0.1, 0.15) is 38.3 Å². The van der Waals surface area contributed by atoms with Crippen LogP contribution in [0.2, 0.25) is 5.02 Å². The van der Waals surface area contributed by atoms with Crippen molar-refractivity contribution in [3.63, 3.8) is 0 Å². The fraction of sp³-hybridized carbons (Fsp3) is 0.448. The van der Waals surface area contributed by atoms with Gasteiger partial charge in [0.05, 0.1) is 17.7 Å². The molecule has 37 heavy (non-hydrogen) atoms. The van der Waals surface area contributed by atoms with Gasteiger partial charge in [-0.1, -0.05) is 68.8 Å². The van der Waals surface area contributed by atoms with E-state index in [2.05, 4.69) is 44.0 Å². The van der Waals surface area contributed by atoms with Gasteiger partial charge in [0.15, 0.2) is 0 Å². The molecule has 0 spiro atoms. The molecule has 1 saturated heterocycles. The molecule has 0 aromatic heterocycles. The molecular formula is C29H38ClN3O3S. The van der Waals surface area contributed by atoms with Crippen LogP contribution in [0.25, 0.3) is 10.8 Å². The predicted octanol–water partition coefficient (Wildman–Crippen LogP) is 5.67. The van der Waals surface area contributed by atoms with Gasteiger partial charge in [0, 0.05) is 48.5 Å². The number of nitrogens with zero attached hydrogens (tertiary/aromatic N) is 2. The number of piperazine rings is 1. The molecule has 0 amide bonds. The minimum Gasteiger partial charge on any atom is -0.493 e. The number of hydrogen-bond acceptors (Lipinski definition) is 5. The highest BCUT2D eigenvalue weighted by Crippen LogP contribution is 2.31. The predicted molar refractivity (Wildman–Crippen MR) is 152 cm³/mol. The van der Waals surface area contributed by atoms with Crippen LogP contribution < -0.4 is 10.1 Å². The van der Waals surface area contributed by atoms with E-state index in [1.165, 1.54) is 5.56 Å². The van der Waals surface area contributed by atoms with Gasteiger partial charge in [0.25, 0.3) is 0 Å². The number of nitrogens with one attached hydrogen (secondary N) is 1. The van der Waals surface area contributed by atoms with Crippen LogP contribution in [-0.4, -0.2) is 56.6 Å². The van der Waals surface area contributed by atoms with Gasteiger partial charge in [0.2, 0.25) is 10.0 Å². The molecule has 0 saturated carbocycles. The summed E-state index contributed by atoms with van der Waals surface area (Å²) in [6.07, 6.45) is 1.10. The summed E-state index contributed by atoms with van der Waals surface area (Å²) in [5, 5.41) is 5.68. The lowest BCUT2D eigenvalue weighted by atomic mass is 10.1. The lowest BCUT2D eigenvalue weighted by Gasteiger charge is -2.39. The van der Waals surface area contributed by atoms with Gasteiger partial charge in [-0.05, 0) is 48.6 Å². The Hall–Kier alpha value is -2.16. The summed E-state index contributed by atoms with van der Waals surface area (Å²) in [5.41, 5.74) is 2.38. The molecule has 6 nitrogen and oxygen atoms in total. The number of hydrogen-bond donors (Lipinski definition) is 1. The van der Waals surface area contributed by atoms with Gasteiger partial charge in [-0.25, -0.2) is 8.42 Å². The summed E-state index contributed by atoms with van der Waals surface area (Å²) < 4.78 is 34.7. The molecule has 4 rings (SSSR count). The minimum atomic E-state index is -3.62. The quantitative estimate of drug-likeness (QED) is 0.357. The Balaban J connectivity index is 1.40. The van der Waals surface area contributed by atoms with Crippen LogP contribution in [0.4, 0.5) is 0 Å². The molecule has 1 fully saturated rings. The average Bonchev–Trinajstić information content (AvgIpc) is 2.89. The van der Waals surface area contributed by atoms with Crippen LogP contribution >= 0.6 is 11.6 Å².